The molecular weight excluding hydrogens is 264 g/mol. The summed E-state index contributed by atoms with van der Waals surface area (Å²) in [7, 11) is 0. The van der Waals surface area contributed by atoms with Gasteiger partial charge in [0, 0.05) is 25.5 Å². The number of amides is 1. The average molecular weight is 286 g/mol. The van der Waals surface area contributed by atoms with Crippen LogP contribution < -0.4 is 5.32 Å². The summed E-state index contributed by atoms with van der Waals surface area (Å²) in [5.74, 6) is -0.106. The quantitative estimate of drug-likeness (QED) is 0.894. The Balaban J connectivity index is 1.95. The summed E-state index contributed by atoms with van der Waals surface area (Å²) < 4.78 is 0. The summed E-state index contributed by atoms with van der Waals surface area (Å²) in [5, 5.41) is 11.7. The van der Waals surface area contributed by atoms with Crippen molar-refractivity contribution in [2.24, 2.45) is 5.92 Å². The first-order valence-corrected chi connectivity index (χ1v) is 7.51. The number of pyridine rings is 1. The van der Waals surface area contributed by atoms with E-state index >= 15 is 0 Å². The Morgan fingerprint density at radius 1 is 1.62 bits per heavy atom. The van der Waals surface area contributed by atoms with E-state index in [2.05, 4.69) is 21.3 Å². The topological polar surface area (TPSA) is 69.0 Å². The molecule has 2 atom stereocenters. The molecular formula is C16H22N4O. The maximum Gasteiger partial charge on any atom is 0.237 e. The monoisotopic (exact) mass is 286 g/mol. The van der Waals surface area contributed by atoms with Crippen LogP contribution in [-0.4, -0.2) is 34.9 Å². The molecule has 1 amide bonds. The number of nitrogens with zero attached hydrogens (tertiary/aromatic N) is 3. The Morgan fingerprint density at radius 2 is 2.48 bits per heavy atom. The Kier molecular flexibility index (Phi) is 5.70. The number of likely N-dealkylation sites (tertiary alicyclic amines) is 1. The van der Waals surface area contributed by atoms with Crippen LogP contribution in [0.2, 0.25) is 0 Å². The normalized spacial score (nSPS) is 20.5. The smallest absolute Gasteiger partial charge is 0.237 e. The van der Waals surface area contributed by atoms with Crippen molar-refractivity contribution in [3.63, 3.8) is 0 Å². The second-order valence-corrected chi connectivity index (χ2v) is 5.62. The number of nitrogens with one attached hydrogen (secondary N) is 1. The molecule has 112 valence electrons. The van der Waals surface area contributed by atoms with Crippen LogP contribution in [0, 0.1) is 17.2 Å². The van der Waals surface area contributed by atoms with E-state index < -0.39 is 0 Å². The Morgan fingerprint density at radius 3 is 3.19 bits per heavy atom. The molecule has 1 aliphatic heterocycles. The SMILES string of the molecule is C[C@H](C#N)CNC(=O)[C@H]1CCCCN1Cc1cccnc1. The molecule has 0 aliphatic carbocycles. The van der Waals surface area contributed by atoms with Gasteiger partial charge in [0.1, 0.15) is 0 Å². The molecule has 0 spiro atoms. The van der Waals surface area contributed by atoms with Gasteiger partial charge >= 0.3 is 0 Å². The second kappa shape index (κ2) is 7.75. The Bertz CT molecular complexity index is 497. The highest BCUT2D eigenvalue weighted by Crippen LogP contribution is 2.19. The lowest BCUT2D eigenvalue weighted by Crippen LogP contribution is -2.49. The van der Waals surface area contributed by atoms with Gasteiger partial charge in [-0.1, -0.05) is 12.5 Å². The van der Waals surface area contributed by atoms with Gasteiger partial charge in [0.25, 0.3) is 0 Å². The summed E-state index contributed by atoms with van der Waals surface area (Å²) in [4.78, 5) is 18.7. The maximum atomic E-state index is 12.3. The number of hydrogen-bond donors (Lipinski definition) is 1. The van der Waals surface area contributed by atoms with Crippen LogP contribution in [0.5, 0.6) is 0 Å². The number of rotatable bonds is 5. The van der Waals surface area contributed by atoms with Gasteiger partial charge in [0.05, 0.1) is 18.0 Å². The van der Waals surface area contributed by atoms with Crippen LogP contribution in [0.1, 0.15) is 31.7 Å². The van der Waals surface area contributed by atoms with Gasteiger partial charge < -0.3 is 5.32 Å². The second-order valence-electron chi connectivity index (χ2n) is 5.62. The number of nitriles is 1. The highest BCUT2D eigenvalue weighted by Gasteiger charge is 2.28. The third-order valence-electron chi connectivity index (χ3n) is 3.83. The molecule has 0 saturated carbocycles. The van der Waals surface area contributed by atoms with Crippen LogP contribution in [0.3, 0.4) is 0 Å². The molecule has 1 aliphatic rings. The van der Waals surface area contributed by atoms with E-state index in [1.165, 1.54) is 0 Å². The number of hydrogen-bond acceptors (Lipinski definition) is 4. The standard InChI is InChI=1S/C16H22N4O/c1-13(9-17)10-19-16(21)15-6-2-3-8-20(15)12-14-5-4-7-18-11-14/h4-5,7,11,13,15H,2-3,6,8,10,12H2,1H3,(H,19,21)/t13-,15-/m1/s1. The molecule has 1 saturated heterocycles. The van der Waals surface area contributed by atoms with Gasteiger partial charge in [0.15, 0.2) is 0 Å². The van der Waals surface area contributed by atoms with Gasteiger partial charge in [-0.15, -0.1) is 0 Å². The predicted molar refractivity (Wildman–Crippen MR) is 80.1 cm³/mol. The fourth-order valence-corrected chi connectivity index (χ4v) is 2.62. The minimum absolute atomic E-state index is 0.0423. The molecule has 1 aromatic rings. The maximum absolute atomic E-state index is 12.3. The van der Waals surface area contributed by atoms with Crippen LogP contribution in [0.25, 0.3) is 0 Å². The molecule has 2 heterocycles. The van der Waals surface area contributed by atoms with Gasteiger partial charge in [0.2, 0.25) is 5.91 Å². The van der Waals surface area contributed by atoms with Crippen LogP contribution in [0.15, 0.2) is 24.5 Å². The lowest BCUT2D eigenvalue weighted by Gasteiger charge is -2.34. The highest BCUT2D eigenvalue weighted by atomic mass is 16.2. The zero-order valence-electron chi connectivity index (χ0n) is 12.5. The molecule has 1 aromatic heterocycles. The largest absolute Gasteiger partial charge is 0.353 e. The Labute approximate surface area is 126 Å². The first kappa shape index (κ1) is 15.5. The van der Waals surface area contributed by atoms with E-state index in [0.29, 0.717) is 6.54 Å². The number of aromatic nitrogens is 1. The molecule has 1 N–H and O–H groups in total. The fourth-order valence-electron chi connectivity index (χ4n) is 2.62. The zero-order valence-corrected chi connectivity index (χ0v) is 12.5. The van der Waals surface area contributed by atoms with Crippen LogP contribution >= 0.6 is 0 Å². The first-order chi connectivity index (χ1) is 10.2. The average Bonchev–Trinajstić information content (AvgIpc) is 2.53. The molecule has 2 rings (SSSR count). The summed E-state index contributed by atoms with van der Waals surface area (Å²) in [6.07, 6.45) is 6.69. The third kappa shape index (κ3) is 4.54. The van der Waals surface area contributed by atoms with Gasteiger partial charge in [-0.3, -0.25) is 14.7 Å². The van der Waals surface area contributed by atoms with E-state index in [1.807, 2.05) is 25.3 Å². The summed E-state index contributed by atoms with van der Waals surface area (Å²) in [6, 6.07) is 6.00. The van der Waals surface area contributed by atoms with Gasteiger partial charge in [-0.2, -0.15) is 5.26 Å². The van der Waals surface area contributed by atoms with Crippen LogP contribution in [-0.2, 0) is 11.3 Å². The minimum Gasteiger partial charge on any atom is -0.353 e. The van der Waals surface area contributed by atoms with Crippen LogP contribution in [0.4, 0.5) is 0 Å². The molecule has 0 unspecified atom stereocenters. The van der Waals surface area contributed by atoms with E-state index in [4.69, 9.17) is 5.26 Å². The van der Waals surface area contributed by atoms with E-state index in [9.17, 15) is 4.79 Å². The molecule has 5 nitrogen and oxygen atoms in total. The lowest BCUT2D eigenvalue weighted by atomic mass is 10.0. The first-order valence-electron chi connectivity index (χ1n) is 7.51. The number of carbonyl (C=O) groups is 1. The van der Waals surface area contributed by atoms with E-state index in [0.717, 1.165) is 37.9 Å². The van der Waals surface area contributed by atoms with E-state index in [-0.39, 0.29) is 17.9 Å². The van der Waals surface area contributed by atoms with Crippen molar-refractivity contribution in [1.82, 2.24) is 15.2 Å². The van der Waals surface area contributed by atoms with Crippen molar-refractivity contribution < 1.29 is 4.79 Å². The minimum atomic E-state index is -0.149. The van der Waals surface area contributed by atoms with Crippen molar-refractivity contribution in [1.29, 1.82) is 5.26 Å². The summed E-state index contributed by atoms with van der Waals surface area (Å²) in [6.45, 7) is 3.92. The van der Waals surface area contributed by atoms with Crippen molar-refractivity contribution in [2.45, 2.75) is 38.8 Å². The van der Waals surface area contributed by atoms with Crippen molar-refractivity contribution in [3.8, 4) is 6.07 Å². The van der Waals surface area contributed by atoms with Crippen molar-refractivity contribution in [3.05, 3.63) is 30.1 Å². The molecule has 1 fully saturated rings. The highest BCUT2D eigenvalue weighted by molar-refractivity contribution is 5.81. The molecule has 0 radical (unpaired) electrons. The Hall–Kier alpha value is -1.93. The van der Waals surface area contributed by atoms with Gasteiger partial charge in [-0.05, 0) is 37.9 Å². The molecule has 0 aromatic carbocycles. The summed E-state index contributed by atoms with van der Waals surface area (Å²) >= 11 is 0. The lowest BCUT2D eigenvalue weighted by molar-refractivity contribution is -0.128. The molecule has 0 bridgehead atoms. The molecule has 21 heavy (non-hydrogen) atoms. The number of piperidine rings is 1. The third-order valence-corrected chi connectivity index (χ3v) is 3.83. The molecule has 5 heteroatoms. The van der Waals surface area contributed by atoms with E-state index in [1.54, 1.807) is 6.20 Å². The fraction of sp³-hybridized carbons (Fsp3) is 0.562. The predicted octanol–water partition coefficient (Wildman–Crippen LogP) is 1.71. The number of carbonyl (C=O) groups excluding carboxylic acids is 1. The van der Waals surface area contributed by atoms with Crippen molar-refractivity contribution >= 4 is 5.91 Å². The summed E-state index contributed by atoms with van der Waals surface area (Å²) in [5.41, 5.74) is 1.13. The van der Waals surface area contributed by atoms with Gasteiger partial charge in [-0.25, -0.2) is 0 Å². The van der Waals surface area contributed by atoms with Crippen molar-refractivity contribution in [2.75, 3.05) is 13.1 Å². The zero-order chi connectivity index (χ0) is 15.1.